The van der Waals surface area contributed by atoms with Crippen LogP contribution in [0.25, 0.3) is 0 Å². The molecule has 3 nitrogen and oxygen atoms in total. The molecule has 0 bridgehead atoms. The average Bonchev–Trinajstić information content (AvgIpc) is 1.93. The van der Waals surface area contributed by atoms with Gasteiger partial charge in [-0.1, -0.05) is 6.92 Å². The second kappa shape index (κ2) is 4.45. The van der Waals surface area contributed by atoms with Crippen LogP contribution in [0.2, 0.25) is 0 Å². The van der Waals surface area contributed by atoms with Gasteiger partial charge in [-0.25, -0.2) is 0 Å². The smallest absolute Gasteiger partial charge is 0.305 e. The molecule has 0 aromatic rings. The number of rotatable bonds is 5. The molecule has 3 heteroatoms. The molecule has 0 amide bonds. The van der Waals surface area contributed by atoms with Crippen molar-refractivity contribution in [2.75, 3.05) is 0 Å². The maximum atomic E-state index is 10.4. The van der Waals surface area contributed by atoms with Crippen LogP contribution in [0.5, 0.6) is 0 Å². The molecule has 1 fully saturated rings. The zero-order valence-corrected chi connectivity index (χ0v) is 7.45. The van der Waals surface area contributed by atoms with Crippen LogP contribution < -0.4 is 0 Å². The minimum Gasteiger partial charge on any atom is -0.481 e. The standard InChI is InChI=1S/C9H16O3/c1-2-7(6-9(10)11)12-8-4-3-5-8/h7-8H,2-6H2,1H3,(H,10,11). The fourth-order valence-electron chi connectivity index (χ4n) is 1.26. The third-order valence-electron chi connectivity index (χ3n) is 2.29. The van der Waals surface area contributed by atoms with Crippen LogP contribution in [0.3, 0.4) is 0 Å². The number of hydrogen-bond acceptors (Lipinski definition) is 2. The summed E-state index contributed by atoms with van der Waals surface area (Å²) in [6.45, 7) is 1.96. The first-order valence-electron chi connectivity index (χ1n) is 4.59. The average molecular weight is 172 g/mol. The monoisotopic (exact) mass is 172 g/mol. The van der Waals surface area contributed by atoms with E-state index < -0.39 is 5.97 Å². The van der Waals surface area contributed by atoms with Gasteiger partial charge >= 0.3 is 5.97 Å². The maximum Gasteiger partial charge on any atom is 0.305 e. The van der Waals surface area contributed by atoms with Crippen LogP contribution in [0.4, 0.5) is 0 Å². The van der Waals surface area contributed by atoms with E-state index in [1.807, 2.05) is 6.92 Å². The molecule has 0 aromatic carbocycles. The van der Waals surface area contributed by atoms with E-state index in [9.17, 15) is 4.79 Å². The van der Waals surface area contributed by atoms with Gasteiger partial charge < -0.3 is 9.84 Å². The Morgan fingerprint density at radius 2 is 2.33 bits per heavy atom. The molecule has 0 radical (unpaired) electrons. The molecular weight excluding hydrogens is 156 g/mol. The second-order valence-corrected chi connectivity index (χ2v) is 3.32. The summed E-state index contributed by atoms with van der Waals surface area (Å²) in [4.78, 5) is 10.4. The number of hydrogen-bond donors (Lipinski definition) is 1. The summed E-state index contributed by atoms with van der Waals surface area (Å²) in [7, 11) is 0. The first-order valence-corrected chi connectivity index (χ1v) is 4.59. The van der Waals surface area contributed by atoms with Gasteiger partial charge in [-0.3, -0.25) is 4.79 Å². The number of carbonyl (C=O) groups is 1. The van der Waals surface area contributed by atoms with Crippen molar-refractivity contribution in [2.24, 2.45) is 0 Å². The lowest BCUT2D eigenvalue weighted by atomic mass is 9.96. The molecule has 1 N–H and O–H groups in total. The first kappa shape index (κ1) is 9.52. The Morgan fingerprint density at radius 1 is 1.67 bits per heavy atom. The lowest BCUT2D eigenvalue weighted by Crippen LogP contribution is -2.28. The topological polar surface area (TPSA) is 46.5 Å². The summed E-state index contributed by atoms with van der Waals surface area (Å²) in [6.07, 6.45) is 4.65. The van der Waals surface area contributed by atoms with Crippen LogP contribution in [0.1, 0.15) is 39.0 Å². The maximum absolute atomic E-state index is 10.4. The van der Waals surface area contributed by atoms with Crippen LogP contribution in [-0.4, -0.2) is 23.3 Å². The summed E-state index contributed by atoms with van der Waals surface area (Å²) in [6, 6.07) is 0. The molecule has 12 heavy (non-hydrogen) atoms. The van der Waals surface area contributed by atoms with Gasteiger partial charge in [0.05, 0.1) is 18.6 Å². The third kappa shape index (κ3) is 2.81. The highest BCUT2D eigenvalue weighted by atomic mass is 16.5. The van der Waals surface area contributed by atoms with Gasteiger partial charge in [0.2, 0.25) is 0 Å². The highest BCUT2D eigenvalue weighted by molar-refractivity contribution is 5.67. The van der Waals surface area contributed by atoms with Gasteiger partial charge in [-0.05, 0) is 25.7 Å². The SMILES string of the molecule is CCC(CC(=O)O)OC1CCC1. The molecule has 1 unspecified atom stereocenters. The van der Waals surface area contributed by atoms with E-state index in [2.05, 4.69) is 0 Å². The van der Waals surface area contributed by atoms with Crippen LogP contribution in [0.15, 0.2) is 0 Å². The van der Waals surface area contributed by atoms with Crippen LogP contribution in [0, 0.1) is 0 Å². The number of carboxylic acid groups (broad SMARTS) is 1. The molecular formula is C9H16O3. The molecule has 0 aromatic heterocycles. The predicted molar refractivity (Wildman–Crippen MR) is 45.1 cm³/mol. The Labute approximate surface area is 72.7 Å². The summed E-state index contributed by atoms with van der Waals surface area (Å²) >= 11 is 0. The zero-order chi connectivity index (χ0) is 8.97. The van der Waals surface area contributed by atoms with E-state index in [-0.39, 0.29) is 12.5 Å². The van der Waals surface area contributed by atoms with Gasteiger partial charge in [-0.15, -0.1) is 0 Å². The molecule has 70 valence electrons. The van der Waals surface area contributed by atoms with Crippen molar-refractivity contribution in [3.8, 4) is 0 Å². The Balaban J connectivity index is 2.19. The van der Waals surface area contributed by atoms with Gasteiger partial charge in [0.25, 0.3) is 0 Å². The van der Waals surface area contributed by atoms with E-state index in [0.717, 1.165) is 19.3 Å². The highest BCUT2D eigenvalue weighted by Crippen LogP contribution is 2.24. The van der Waals surface area contributed by atoms with Crippen molar-refractivity contribution < 1.29 is 14.6 Å². The molecule has 1 aliphatic carbocycles. The number of carboxylic acids is 1. The normalized spacial score (nSPS) is 20.1. The fraction of sp³-hybridized carbons (Fsp3) is 0.889. The largest absolute Gasteiger partial charge is 0.481 e. The van der Waals surface area contributed by atoms with Crippen molar-refractivity contribution >= 4 is 5.97 Å². The molecule has 1 rings (SSSR count). The van der Waals surface area contributed by atoms with E-state index in [4.69, 9.17) is 9.84 Å². The lowest BCUT2D eigenvalue weighted by molar-refractivity contribution is -0.142. The quantitative estimate of drug-likeness (QED) is 0.688. The summed E-state index contributed by atoms with van der Waals surface area (Å²) < 4.78 is 5.57. The predicted octanol–water partition coefficient (Wildman–Crippen LogP) is 1.81. The Bertz CT molecular complexity index is 152. The summed E-state index contributed by atoms with van der Waals surface area (Å²) in [5.74, 6) is -0.763. The molecule has 0 heterocycles. The molecule has 1 atom stereocenters. The van der Waals surface area contributed by atoms with Crippen LogP contribution in [-0.2, 0) is 9.53 Å². The summed E-state index contributed by atoms with van der Waals surface area (Å²) in [5.41, 5.74) is 0. The first-order chi connectivity index (χ1) is 5.72. The molecule has 0 saturated heterocycles. The Kier molecular flexibility index (Phi) is 3.53. The van der Waals surface area contributed by atoms with E-state index >= 15 is 0 Å². The number of aliphatic carboxylic acids is 1. The Morgan fingerprint density at radius 3 is 2.67 bits per heavy atom. The minimum atomic E-state index is -0.763. The van der Waals surface area contributed by atoms with Gasteiger partial charge in [0.15, 0.2) is 0 Å². The third-order valence-corrected chi connectivity index (χ3v) is 2.29. The Hall–Kier alpha value is -0.570. The van der Waals surface area contributed by atoms with E-state index in [0.29, 0.717) is 6.10 Å². The highest BCUT2D eigenvalue weighted by Gasteiger charge is 2.22. The molecule has 1 saturated carbocycles. The molecule has 1 aliphatic rings. The van der Waals surface area contributed by atoms with E-state index in [1.54, 1.807) is 0 Å². The summed E-state index contributed by atoms with van der Waals surface area (Å²) in [5, 5.41) is 8.54. The van der Waals surface area contributed by atoms with Crippen molar-refractivity contribution in [2.45, 2.75) is 51.2 Å². The number of ether oxygens (including phenoxy) is 1. The van der Waals surface area contributed by atoms with Gasteiger partial charge in [0, 0.05) is 0 Å². The molecule has 0 spiro atoms. The lowest BCUT2D eigenvalue weighted by Gasteiger charge is -2.29. The van der Waals surface area contributed by atoms with Gasteiger partial charge in [-0.2, -0.15) is 0 Å². The van der Waals surface area contributed by atoms with Crippen molar-refractivity contribution in [1.29, 1.82) is 0 Å². The van der Waals surface area contributed by atoms with Crippen molar-refractivity contribution in [1.82, 2.24) is 0 Å². The van der Waals surface area contributed by atoms with E-state index in [1.165, 1.54) is 6.42 Å². The fourth-order valence-corrected chi connectivity index (χ4v) is 1.26. The second-order valence-electron chi connectivity index (χ2n) is 3.32. The van der Waals surface area contributed by atoms with Crippen molar-refractivity contribution in [3.05, 3.63) is 0 Å². The van der Waals surface area contributed by atoms with Crippen molar-refractivity contribution in [3.63, 3.8) is 0 Å². The van der Waals surface area contributed by atoms with Gasteiger partial charge in [0.1, 0.15) is 0 Å². The minimum absolute atomic E-state index is 0.0761. The van der Waals surface area contributed by atoms with Crippen LogP contribution >= 0.6 is 0 Å². The zero-order valence-electron chi connectivity index (χ0n) is 7.45. The molecule has 0 aliphatic heterocycles.